The topological polar surface area (TPSA) is 99.5 Å². The fourth-order valence-corrected chi connectivity index (χ4v) is 4.93. The van der Waals surface area contributed by atoms with Gasteiger partial charge in [-0.2, -0.15) is 9.57 Å². The molecule has 0 unspecified atom stereocenters. The van der Waals surface area contributed by atoms with Crippen molar-refractivity contribution in [1.82, 2.24) is 4.31 Å². The van der Waals surface area contributed by atoms with E-state index in [1.54, 1.807) is 18.2 Å². The van der Waals surface area contributed by atoms with Crippen molar-refractivity contribution in [2.75, 3.05) is 31.6 Å². The van der Waals surface area contributed by atoms with Crippen molar-refractivity contribution in [2.24, 2.45) is 0 Å². The van der Waals surface area contributed by atoms with Crippen LogP contribution in [0.5, 0.6) is 0 Å². The summed E-state index contributed by atoms with van der Waals surface area (Å²) in [5, 5.41) is 11.5. The standard InChI is InChI=1S/C18H15Cl2N3O4S/c19-15-10-16(20)17(28(25,26)23-4-6-27-7-5-23)9-14(15)18(24)22-13-3-1-2-12(8-13)11-21/h1-3,8-10H,4-7H2,(H,22,24). The van der Waals surface area contributed by atoms with E-state index in [1.165, 1.54) is 22.5 Å². The number of nitrogens with zero attached hydrogens (tertiary/aromatic N) is 2. The lowest BCUT2D eigenvalue weighted by molar-refractivity contribution is 0.0730. The molecule has 146 valence electrons. The van der Waals surface area contributed by atoms with E-state index in [0.29, 0.717) is 11.3 Å². The van der Waals surface area contributed by atoms with E-state index >= 15 is 0 Å². The Balaban J connectivity index is 1.94. The molecule has 1 aliphatic rings. The third kappa shape index (κ3) is 4.29. The first-order chi connectivity index (χ1) is 13.3. The number of halogens is 2. The highest BCUT2D eigenvalue weighted by Gasteiger charge is 2.30. The molecule has 2 aromatic carbocycles. The molecule has 0 aliphatic carbocycles. The molecule has 1 saturated heterocycles. The van der Waals surface area contributed by atoms with E-state index in [1.807, 2.05) is 6.07 Å². The Morgan fingerprint density at radius 2 is 1.86 bits per heavy atom. The number of rotatable bonds is 4. The van der Waals surface area contributed by atoms with Crippen LogP contribution in [-0.4, -0.2) is 44.9 Å². The minimum atomic E-state index is -3.91. The van der Waals surface area contributed by atoms with Crippen LogP contribution in [0.1, 0.15) is 15.9 Å². The van der Waals surface area contributed by atoms with Crippen LogP contribution in [0.15, 0.2) is 41.3 Å². The van der Waals surface area contributed by atoms with E-state index in [4.69, 9.17) is 33.2 Å². The Morgan fingerprint density at radius 3 is 2.54 bits per heavy atom. The van der Waals surface area contributed by atoms with Crippen molar-refractivity contribution < 1.29 is 17.9 Å². The average molecular weight is 440 g/mol. The number of sulfonamides is 1. The van der Waals surface area contributed by atoms with Gasteiger partial charge in [0.25, 0.3) is 5.91 Å². The molecule has 0 radical (unpaired) electrons. The normalized spacial score (nSPS) is 15.0. The van der Waals surface area contributed by atoms with Crippen LogP contribution in [-0.2, 0) is 14.8 Å². The number of morpholine rings is 1. The van der Waals surface area contributed by atoms with E-state index in [2.05, 4.69) is 5.32 Å². The quantitative estimate of drug-likeness (QED) is 0.788. The average Bonchev–Trinajstić information content (AvgIpc) is 2.68. The minimum absolute atomic E-state index is 0.0138. The fourth-order valence-electron chi connectivity index (χ4n) is 2.69. The van der Waals surface area contributed by atoms with Gasteiger partial charge >= 0.3 is 0 Å². The molecule has 10 heteroatoms. The summed E-state index contributed by atoms with van der Waals surface area (Å²) >= 11 is 12.3. The largest absolute Gasteiger partial charge is 0.379 e. The number of nitriles is 1. The van der Waals surface area contributed by atoms with Gasteiger partial charge in [-0.3, -0.25) is 4.79 Å². The van der Waals surface area contributed by atoms with Crippen molar-refractivity contribution in [3.8, 4) is 6.07 Å². The third-order valence-electron chi connectivity index (χ3n) is 4.10. The SMILES string of the molecule is N#Cc1cccc(NC(=O)c2cc(S(=O)(=O)N3CCOCC3)c(Cl)cc2Cl)c1. The molecule has 0 atom stereocenters. The van der Waals surface area contributed by atoms with Gasteiger partial charge in [-0.15, -0.1) is 0 Å². The van der Waals surface area contributed by atoms with Crippen LogP contribution >= 0.6 is 23.2 Å². The smallest absolute Gasteiger partial charge is 0.257 e. The molecule has 0 bridgehead atoms. The van der Waals surface area contributed by atoms with Crippen molar-refractivity contribution in [3.05, 3.63) is 57.6 Å². The summed E-state index contributed by atoms with van der Waals surface area (Å²) in [6, 6.07) is 10.7. The zero-order chi connectivity index (χ0) is 20.3. The number of benzene rings is 2. The summed E-state index contributed by atoms with van der Waals surface area (Å²) < 4.78 is 32.3. The van der Waals surface area contributed by atoms with Crippen LogP contribution in [0.3, 0.4) is 0 Å². The van der Waals surface area contributed by atoms with Gasteiger partial charge in [-0.05, 0) is 30.3 Å². The van der Waals surface area contributed by atoms with Crippen LogP contribution in [0.2, 0.25) is 10.0 Å². The first-order valence-electron chi connectivity index (χ1n) is 8.21. The monoisotopic (exact) mass is 439 g/mol. The predicted molar refractivity (Wildman–Crippen MR) is 105 cm³/mol. The lowest BCUT2D eigenvalue weighted by Crippen LogP contribution is -2.40. The number of hydrogen-bond donors (Lipinski definition) is 1. The maximum atomic E-state index is 12.9. The van der Waals surface area contributed by atoms with E-state index in [9.17, 15) is 13.2 Å². The zero-order valence-corrected chi connectivity index (χ0v) is 16.8. The molecular weight excluding hydrogens is 425 g/mol. The summed E-state index contributed by atoms with van der Waals surface area (Å²) in [5.41, 5.74) is 0.712. The molecule has 0 spiro atoms. The van der Waals surface area contributed by atoms with Crippen molar-refractivity contribution in [3.63, 3.8) is 0 Å². The van der Waals surface area contributed by atoms with Crippen LogP contribution in [0.25, 0.3) is 0 Å². The third-order valence-corrected chi connectivity index (χ3v) is 6.78. The van der Waals surface area contributed by atoms with Gasteiger partial charge in [0.15, 0.2) is 0 Å². The summed E-state index contributed by atoms with van der Waals surface area (Å²) in [6.07, 6.45) is 0. The first-order valence-corrected chi connectivity index (χ1v) is 10.4. The van der Waals surface area contributed by atoms with Gasteiger partial charge in [0, 0.05) is 18.8 Å². The molecule has 0 saturated carbocycles. The molecule has 1 aliphatic heterocycles. The molecule has 3 rings (SSSR count). The number of ether oxygens (including phenoxy) is 1. The molecule has 7 nitrogen and oxygen atoms in total. The summed E-state index contributed by atoms with van der Waals surface area (Å²) in [4.78, 5) is 12.5. The number of carbonyl (C=O) groups is 1. The van der Waals surface area contributed by atoms with Gasteiger partial charge in [0.05, 0.1) is 40.5 Å². The highest BCUT2D eigenvalue weighted by Crippen LogP contribution is 2.31. The maximum Gasteiger partial charge on any atom is 0.257 e. The Labute approximate surface area is 172 Å². The summed E-state index contributed by atoms with van der Waals surface area (Å²) in [6.45, 7) is 0.966. The second-order valence-electron chi connectivity index (χ2n) is 5.93. The van der Waals surface area contributed by atoms with Crippen molar-refractivity contribution in [2.45, 2.75) is 4.90 Å². The van der Waals surface area contributed by atoms with Crippen LogP contribution in [0, 0.1) is 11.3 Å². The van der Waals surface area contributed by atoms with E-state index < -0.39 is 15.9 Å². The molecule has 1 heterocycles. The second-order valence-corrected chi connectivity index (χ2v) is 8.65. The maximum absolute atomic E-state index is 12.9. The first kappa shape index (κ1) is 20.6. The van der Waals surface area contributed by atoms with E-state index in [-0.39, 0.29) is 46.8 Å². The number of hydrogen-bond acceptors (Lipinski definition) is 5. The summed E-state index contributed by atoms with van der Waals surface area (Å²) in [7, 11) is -3.91. The molecule has 2 aromatic rings. The van der Waals surface area contributed by atoms with Gasteiger partial charge in [0.1, 0.15) is 4.90 Å². The minimum Gasteiger partial charge on any atom is -0.379 e. The fraction of sp³-hybridized carbons (Fsp3) is 0.222. The zero-order valence-electron chi connectivity index (χ0n) is 14.5. The van der Waals surface area contributed by atoms with Crippen LogP contribution in [0.4, 0.5) is 5.69 Å². The van der Waals surface area contributed by atoms with Gasteiger partial charge in [0.2, 0.25) is 10.0 Å². The lowest BCUT2D eigenvalue weighted by Gasteiger charge is -2.26. The number of nitrogens with one attached hydrogen (secondary N) is 1. The Bertz CT molecular complexity index is 1060. The Kier molecular flexibility index (Phi) is 6.23. The summed E-state index contributed by atoms with van der Waals surface area (Å²) in [5.74, 6) is -0.616. The molecule has 28 heavy (non-hydrogen) atoms. The van der Waals surface area contributed by atoms with Crippen LogP contribution < -0.4 is 5.32 Å². The predicted octanol–water partition coefficient (Wildman–Crippen LogP) is 3.14. The molecule has 1 N–H and O–H groups in total. The second kappa shape index (κ2) is 8.47. The lowest BCUT2D eigenvalue weighted by atomic mass is 10.2. The number of anilines is 1. The highest BCUT2D eigenvalue weighted by atomic mass is 35.5. The molecule has 0 aromatic heterocycles. The van der Waals surface area contributed by atoms with Crippen molar-refractivity contribution >= 4 is 44.8 Å². The number of amides is 1. The molecule has 1 amide bonds. The van der Waals surface area contributed by atoms with Crippen molar-refractivity contribution in [1.29, 1.82) is 5.26 Å². The van der Waals surface area contributed by atoms with Gasteiger partial charge in [-0.25, -0.2) is 8.42 Å². The Hall–Kier alpha value is -2.15. The van der Waals surface area contributed by atoms with E-state index in [0.717, 1.165) is 0 Å². The molecular formula is C18H15Cl2N3O4S. The molecule has 1 fully saturated rings. The number of carbonyl (C=O) groups excluding carboxylic acids is 1. The highest BCUT2D eigenvalue weighted by molar-refractivity contribution is 7.89. The van der Waals surface area contributed by atoms with Gasteiger partial charge in [-0.1, -0.05) is 29.3 Å². The Morgan fingerprint density at radius 1 is 1.14 bits per heavy atom. The van der Waals surface area contributed by atoms with Gasteiger partial charge < -0.3 is 10.1 Å².